The monoisotopic (exact) mass is 390 g/mol. The average Bonchev–Trinajstić information content (AvgIpc) is 2.78. The summed E-state index contributed by atoms with van der Waals surface area (Å²) < 4.78 is 0.597. The Kier molecular flexibility index (Phi) is 6.71. The van der Waals surface area contributed by atoms with Crippen LogP contribution in [-0.4, -0.2) is 32.8 Å². The standard InChI is InChI=1S/C15H16Cl2N2O2S2/c1-2-12-14(21)19(15(22)23-12)7-3-4-13(20)18-11-8-9(16)5-6-10(11)17/h5-6,8,12H,2-4,7H2,1H3,(H,18,20). The van der Waals surface area contributed by atoms with E-state index >= 15 is 0 Å². The summed E-state index contributed by atoms with van der Waals surface area (Å²) in [6.45, 7) is 2.42. The fraction of sp³-hybridized carbons (Fsp3) is 0.400. The van der Waals surface area contributed by atoms with Gasteiger partial charge in [-0.3, -0.25) is 14.5 Å². The molecule has 1 aromatic carbocycles. The summed E-state index contributed by atoms with van der Waals surface area (Å²) >= 11 is 18.5. The number of rotatable bonds is 6. The molecule has 23 heavy (non-hydrogen) atoms. The van der Waals surface area contributed by atoms with Crippen molar-refractivity contribution >= 4 is 69.0 Å². The van der Waals surface area contributed by atoms with Crippen molar-refractivity contribution in [1.82, 2.24) is 4.90 Å². The van der Waals surface area contributed by atoms with E-state index in [1.54, 1.807) is 23.1 Å². The van der Waals surface area contributed by atoms with E-state index in [-0.39, 0.29) is 23.5 Å². The van der Waals surface area contributed by atoms with Gasteiger partial charge in [0.05, 0.1) is 16.0 Å². The zero-order valence-electron chi connectivity index (χ0n) is 12.5. The van der Waals surface area contributed by atoms with Crippen molar-refractivity contribution in [3.8, 4) is 0 Å². The van der Waals surface area contributed by atoms with Gasteiger partial charge in [-0.05, 0) is 31.0 Å². The average molecular weight is 391 g/mol. The predicted octanol–water partition coefficient (Wildman–Crippen LogP) is 4.35. The molecule has 0 saturated carbocycles. The van der Waals surface area contributed by atoms with Crippen LogP contribution in [0.2, 0.25) is 10.0 Å². The summed E-state index contributed by atoms with van der Waals surface area (Å²) in [5.41, 5.74) is 0.485. The summed E-state index contributed by atoms with van der Waals surface area (Å²) in [7, 11) is 0. The third-order valence-corrected chi connectivity index (χ3v) is 5.68. The third-order valence-electron chi connectivity index (χ3n) is 3.36. The van der Waals surface area contributed by atoms with Crippen LogP contribution in [0.4, 0.5) is 5.69 Å². The van der Waals surface area contributed by atoms with Gasteiger partial charge in [-0.15, -0.1) is 0 Å². The summed E-state index contributed by atoms with van der Waals surface area (Å²) in [4.78, 5) is 25.7. The van der Waals surface area contributed by atoms with Crippen LogP contribution in [0.3, 0.4) is 0 Å². The topological polar surface area (TPSA) is 49.4 Å². The van der Waals surface area contributed by atoms with Crippen LogP contribution in [0, 0.1) is 0 Å². The fourth-order valence-corrected chi connectivity index (χ4v) is 3.98. The first-order chi connectivity index (χ1) is 10.9. The van der Waals surface area contributed by atoms with Gasteiger partial charge in [0.25, 0.3) is 0 Å². The lowest BCUT2D eigenvalue weighted by Gasteiger charge is -2.15. The number of hydrogen-bond donors (Lipinski definition) is 1. The van der Waals surface area contributed by atoms with Crippen molar-refractivity contribution in [3.05, 3.63) is 28.2 Å². The highest BCUT2D eigenvalue weighted by molar-refractivity contribution is 8.24. The Morgan fingerprint density at radius 2 is 2.17 bits per heavy atom. The Balaban J connectivity index is 1.82. The van der Waals surface area contributed by atoms with Gasteiger partial charge in [-0.25, -0.2) is 0 Å². The number of anilines is 1. The van der Waals surface area contributed by atoms with E-state index in [9.17, 15) is 9.59 Å². The van der Waals surface area contributed by atoms with E-state index in [1.807, 2.05) is 6.92 Å². The molecule has 1 aliphatic rings. The Hall–Kier alpha value is -0.820. The van der Waals surface area contributed by atoms with Crippen LogP contribution in [0.1, 0.15) is 26.2 Å². The number of nitrogens with one attached hydrogen (secondary N) is 1. The number of carbonyl (C=O) groups is 2. The molecule has 1 N–H and O–H groups in total. The molecule has 1 heterocycles. The minimum atomic E-state index is -0.175. The van der Waals surface area contributed by atoms with E-state index in [0.29, 0.717) is 33.0 Å². The number of carbonyl (C=O) groups excluding carboxylic acids is 2. The highest BCUT2D eigenvalue weighted by atomic mass is 35.5. The number of amides is 2. The summed E-state index contributed by atoms with van der Waals surface area (Å²) in [5, 5.41) is 3.57. The van der Waals surface area contributed by atoms with Crippen LogP contribution in [-0.2, 0) is 9.59 Å². The quantitative estimate of drug-likeness (QED) is 0.733. The van der Waals surface area contributed by atoms with E-state index in [1.165, 1.54) is 11.8 Å². The van der Waals surface area contributed by atoms with E-state index in [4.69, 9.17) is 35.4 Å². The van der Waals surface area contributed by atoms with Crippen molar-refractivity contribution in [1.29, 1.82) is 0 Å². The first kappa shape index (κ1) is 18.5. The van der Waals surface area contributed by atoms with Crippen LogP contribution >= 0.6 is 47.2 Å². The van der Waals surface area contributed by atoms with Gasteiger partial charge >= 0.3 is 0 Å². The lowest BCUT2D eigenvalue weighted by molar-refractivity contribution is -0.126. The number of thiocarbonyl (C=S) groups is 1. The minimum absolute atomic E-state index is 0.0424. The number of thioether (sulfide) groups is 1. The summed E-state index contributed by atoms with van der Waals surface area (Å²) in [6.07, 6.45) is 1.57. The molecule has 1 saturated heterocycles. The zero-order chi connectivity index (χ0) is 17.0. The number of hydrogen-bond acceptors (Lipinski definition) is 4. The van der Waals surface area contributed by atoms with Gasteiger partial charge in [0.1, 0.15) is 4.32 Å². The Labute approximate surface area is 154 Å². The lowest BCUT2D eigenvalue weighted by Crippen LogP contribution is -2.32. The Morgan fingerprint density at radius 1 is 1.43 bits per heavy atom. The van der Waals surface area contributed by atoms with Gasteiger partial charge < -0.3 is 5.32 Å². The van der Waals surface area contributed by atoms with Gasteiger partial charge in [-0.2, -0.15) is 0 Å². The zero-order valence-corrected chi connectivity index (χ0v) is 15.6. The molecule has 1 atom stereocenters. The molecular formula is C15H16Cl2N2O2S2. The normalized spacial score (nSPS) is 17.7. The first-order valence-electron chi connectivity index (χ1n) is 7.19. The van der Waals surface area contributed by atoms with Crippen LogP contribution < -0.4 is 5.32 Å². The molecule has 2 amide bonds. The third kappa shape index (κ3) is 4.83. The van der Waals surface area contributed by atoms with Gasteiger partial charge in [0, 0.05) is 18.0 Å². The van der Waals surface area contributed by atoms with Crippen LogP contribution in [0.5, 0.6) is 0 Å². The fourth-order valence-electron chi connectivity index (χ4n) is 2.16. The van der Waals surface area contributed by atoms with E-state index in [0.717, 1.165) is 6.42 Å². The number of benzene rings is 1. The van der Waals surface area contributed by atoms with Crippen molar-refractivity contribution < 1.29 is 9.59 Å². The predicted molar refractivity (Wildman–Crippen MR) is 100 cm³/mol. The molecule has 1 unspecified atom stereocenters. The van der Waals surface area contributed by atoms with Gasteiger partial charge in [-0.1, -0.05) is 54.1 Å². The van der Waals surface area contributed by atoms with E-state index < -0.39 is 0 Å². The maximum atomic E-state index is 12.1. The molecule has 1 fully saturated rings. The highest BCUT2D eigenvalue weighted by Gasteiger charge is 2.35. The Morgan fingerprint density at radius 3 is 2.83 bits per heavy atom. The molecule has 1 aliphatic heterocycles. The smallest absolute Gasteiger partial charge is 0.241 e. The first-order valence-corrected chi connectivity index (χ1v) is 9.23. The molecule has 2 rings (SSSR count). The largest absolute Gasteiger partial charge is 0.325 e. The molecule has 0 aromatic heterocycles. The molecule has 0 aliphatic carbocycles. The van der Waals surface area contributed by atoms with Crippen molar-refractivity contribution in [3.63, 3.8) is 0 Å². The van der Waals surface area contributed by atoms with Gasteiger partial charge in [0.2, 0.25) is 11.8 Å². The van der Waals surface area contributed by atoms with Crippen molar-refractivity contribution in [2.45, 2.75) is 31.4 Å². The molecule has 4 nitrogen and oxygen atoms in total. The van der Waals surface area contributed by atoms with Crippen molar-refractivity contribution in [2.24, 2.45) is 0 Å². The van der Waals surface area contributed by atoms with Crippen LogP contribution in [0.25, 0.3) is 0 Å². The maximum Gasteiger partial charge on any atom is 0.241 e. The van der Waals surface area contributed by atoms with Crippen LogP contribution in [0.15, 0.2) is 18.2 Å². The highest BCUT2D eigenvalue weighted by Crippen LogP contribution is 2.29. The molecule has 8 heteroatoms. The molecule has 0 radical (unpaired) electrons. The SMILES string of the molecule is CCC1SC(=S)N(CCCC(=O)Nc2cc(Cl)ccc2Cl)C1=O. The Bertz CT molecular complexity index is 640. The second kappa shape index (κ2) is 8.33. The maximum absolute atomic E-state index is 12.1. The lowest BCUT2D eigenvalue weighted by atomic mass is 10.2. The summed E-state index contributed by atoms with van der Waals surface area (Å²) in [5.74, 6) is -0.132. The summed E-state index contributed by atoms with van der Waals surface area (Å²) in [6, 6.07) is 4.88. The van der Waals surface area contributed by atoms with E-state index in [2.05, 4.69) is 5.32 Å². The second-order valence-corrected chi connectivity index (χ2v) is 7.73. The minimum Gasteiger partial charge on any atom is -0.325 e. The van der Waals surface area contributed by atoms with Crippen molar-refractivity contribution in [2.75, 3.05) is 11.9 Å². The number of halogens is 2. The molecule has 124 valence electrons. The molecular weight excluding hydrogens is 375 g/mol. The second-order valence-electron chi connectivity index (χ2n) is 5.05. The molecule has 0 spiro atoms. The molecule has 1 aromatic rings. The molecule has 0 bridgehead atoms. The van der Waals surface area contributed by atoms with Gasteiger partial charge in [0.15, 0.2) is 0 Å². The number of nitrogens with zero attached hydrogens (tertiary/aromatic N) is 1.